The number of benzene rings is 1. The summed E-state index contributed by atoms with van der Waals surface area (Å²) in [4.78, 5) is 13.6. The molecule has 1 aliphatic heterocycles. The zero-order valence-corrected chi connectivity index (χ0v) is 11.7. The second-order valence-corrected chi connectivity index (χ2v) is 5.43. The Hall–Kier alpha value is -1.92. The van der Waals surface area contributed by atoms with Crippen LogP contribution in [-0.4, -0.2) is 24.0 Å². The summed E-state index contributed by atoms with van der Waals surface area (Å²) in [6, 6.07) is 2.85. The van der Waals surface area contributed by atoms with Crippen molar-refractivity contribution in [3.8, 4) is 0 Å². The van der Waals surface area contributed by atoms with Gasteiger partial charge in [-0.3, -0.25) is 0 Å². The van der Waals surface area contributed by atoms with Crippen LogP contribution in [0, 0.1) is 5.92 Å². The van der Waals surface area contributed by atoms with Crippen LogP contribution in [0.2, 0.25) is 0 Å². The Bertz CT molecular complexity index is 531. The number of nitrogens with one attached hydrogen (secondary N) is 1. The maximum Gasteiger partial charge on any atom is 0.418 e. The van der Waals surface area contributed by atoms with Crippen LogP contribution in [0.1, 0.15) is 25.3 Å². The predicted molar refractivity (Wildman–Crippen MR) is 74.8 cm³/mol. The number of hydrogen-bond donors (Lipinski definition) is 2. The summed E-state index contributed by atoms with van der Waals surface area (Å²) in [5, 5.41) is 2.35. The highest BCUT2D eigenvalue weighted by Crippen LogP contribution is 2.36. The number of carbonyl (C=O) groups excluding carboxylic acids is 1. The molecule has 0 aliphatic carbocycles. The van der Waals surface area contributed by atoms with Crippen LogP contribution in [0.4, 0.5) is 29.3 Å². The van der Waals surface area contributed by atoms with Crippen LogP contribution in [0.3, 0.4) is 0 Å². The molecule has 1 aliphatic rings. The number of anilines is 2. The van der Waals surface area contributed by atoms with E-state index in [1.807, 2.05) is 6.92 Å². The molecule has 1 aromatic rings. The van der Waals surface area contributed by atoms with Crippen LogP contribution in [0.5, 0.6) is 0 Å². The Morgan fingerprint density at radius 1 is 1.43 bits per heavy atom. The molecule has 2 amide bonds. The molecular weight excluding hydrogens is 283 g/mol. The standard InChI is InChI=1S/C14H18F3N3O/c1-9-3-2-6-20(8-9)13(21)19-12-5-4-10(18)7-11(12)14(15,16)17/h4-5,7,9H,2-3,6,8,18H2,1H3,(H,19,21). The van der Waals surface area contributed by atoms with E-state index in [0.717, 1.165) is 18.9 Å². The fraction of sp³-hybridized carbons (Fsp3) is 0.500. The average molecular weight is 301 g/mol. The SMILES string of the molecule is CC1CCCN(C(=O)Nc2ccc(N)cc2C(F)(F)F)C1. The summed E-state index contributed by atoms with van der Waals surface area (Å²) in [5.74, 6) is 0.359. The first-order chi connectivity index (χ1) is 9.77. The van der Waals surface area contributed by atoms with E-state index < -0.39 is 17.8 Å². The van der Waals surface area contributed by atoms with Crippen LogP contribution < -0.4 is 11.1 Å². The number of carbonyl (C=O) groups is 1. The van der Waals surface area contributed by atoms with Gasteiger partial charge in [-0.25, -0.2) is 4.79 Å². The molecule has 1 unspecified atom stereocenters. The highest BCUT2D eigenvalue weighted by Gasteiger charge is 2.34. The van der Waals surface area contributed by atoms with Crippen LogP contribution >= 0.6 is 0 Å². The molecule has 0 aromatic heterocycles. The molecule has 7 heteroatoms. The number of hydrogen-bond acceptors (Lipinski definition) is 2. The van der Waals surface area contributed by atoms with E-state index >= 15 is 0 Å². The Balaban J connectivity index is 2.17. The lowest BCUT2D eigenvalue weighted by Gasteiger charge is -2.31. The molecule has 1 heterocycles. The lowest BCUT2D eigenvalue weighted by atomic mass is 10.0. The minimum absolute atomic E-state index is 0.00641. The van der Waals surface area contributed by atoms with Gasteiger partial charge < -0.3 is 16.0 Å². The van der Waals surface area contributed by atoms with Crippen molar-refractivity contribution in [3.63, 3.8) is 0 Å². The first-order valence-corrected chi connectivity index (χ1v) is 6.80. The van der Waals surface area contributed by atoms with Gasteiger partial charge in [0.25, 0.3) is 0 Å². The number of nitrogens with zero attached hydrogens (tertiary/aromatic N) is 1. The molecule has 1 aromatic carbocycles. The van der Waals surface area contributed by atoms with E-state index in [4.69, 9.17) is 5.73 Å². The average Bonchev–Trinajstić information content (AvgIpc) is 2.39. The molecule has 4 nitrogen and oxygen atoms in total. The van der Waals surface area contributed by atoms with Crippen molar-refractivity contribution >= 4 is 17.4 Å². The number of halogens is 3. The Morgan fingerprint density at radius 2 is 2.14 bits per heavy atom. The fourth-order valence-electron chi connectivity index (χ4n) is 2.47. The van der Waals surface area contributed by atoms with Crippen LogP contribution in [0.25, 0.3) is 0 Å². The van der Waals surface area contributed by atoms with E-state index in [1.54, 1.807) is 4.90 Å². The molecule has 3 N–H and O–H groups in total. The summed E-state index contributed by atoms with van der Waals surface area (Å²) in [7, 11) is 0. The van der Waals surface area contributed by atoms with Gasteiger partial charge in [-0.2, -0.15) is 13.2 Å². The number of amides is 2. The predicted octanol–water partition coefficient (Wildman–Crippen LogP) is 3.55. The quantitative estimate of drug-likeness (QED) is 0.779. The molecule has 0 saturated carbocycles. The minimum Gasteiger partial charge on any atom is -0.399 e. The van der Waals surface area contributed by atoms with Gasteiger partial charge >= 0.3 is 12.2 Å². The van der Waals surface area contributed by atoms with Crippen molar-refractivity contribution in [2.75, 3.05) is 24.1 Å². The number of nitrogen functional groups attached to an aromatic ring is 1. The molecule has 1 fully saturated rings. The maximum absolute atomic E-state index is 13.0. The van der Waals surface area contributed by atoms with Crippen LogP contribution in [-0.2, 0) is 6.18 Å². The molecule has 1 saturated heterocycles. The summed E-state index contributed by atoms with van der Waals surface area (Å²) < 4.78 is 38.9. The van der Waals surface area contributed by atoms with Gasteiger partial charge in [0, 0.05) is 18.8 Å². The zero-order chi connectivity index (χ0) is 15.6. The molecule has 116 valence electrons. The van der Waals surface area contributed by atoms with Gasteiger partial charge in [-0.05, 0) is 37.0 Å². The van der Waals surface area contributed by atoms with Crippen molar-refractivity contribution < 1.29 is 18.0 Å². The number of nitrogens with two attached hydrogens (primary N) is 1. The topological polar surface area (TPSA) is 58.4 Å². The number of likely N-dealkylation sites (tertiary alicyclic amines) is 1. The van der Waals surface area contributed by atoms with Gasteiger partial charge in [-0.15, -0.1) is 0 Å². The highest BCUT2D eigenvalue weighted by molar-refractivity contribution is 5.90. The summed E-state index contributed by atoms with van der Waals surface area (Å²) >= 11 is 0. The number of piperidine rings is 1. The van der Waals surface area contributed by atoms with E-state index in [1.165, 1.54) is 12.1 Å². The monoisotopic (exact) mass is 301 g/mol. The normalized spacial score (nSPS) is 19.4. The summed E-state index contributed by atoms with van der Waals surface area (Å²) in [6.45, 7) is 3.14. The maximum atomic E-state index is 13.0. The van der Waals surface area contributed by atoms with Gasteiger partial charge in [0.2, 0.25) is 0 Å². The largest absolute Gasteiger partial charge is 0.418 e. The third-order valence-electron chi connectivity index (χ3n) is 3.53. The second kappa shape index (κ2) is 5.83. The third kappa shape index (κ3) is 3.80. The first-order valence-electron chi connectivity index (χ1n) is 6.80. The first kappa shape index (κ1) is 15.5. The lowest BCUT2D eigenvalue weighted by Crippen LogP contribution is -2.41. The van der Waals surface area contributed by atoms with E-state index in [9.17, 15) is 18.0 Å². The van der Waals surface area contributed by atoms with E-state index in [-0.39, 0.29) is 11.4 Å². The molecule has 1 atom stereocenters. The Morgan fingerprint density at radius 3 is 2.76 bits per heavy atom. The molecule has 0 radical (unpaired) electrons. The zero-order valence-electron chi connectivity index (χ0n) is 11.7. The fourth-order valence-corrected chi connectivity index (χ4v) is 2.47. The van der Waals surface area contributed by atoms with Gasteiger partial charge in [0.05, 0.1) is 11.3 Å². The third-order valence-corrected chi connectivity index (χ3v) is 3.53. The van der Waals surface area contributed by atoms with Crippen molar-refractivity contribution in [3.05, 3.63) is 23.8 Å². The Kier molecular flexibility index (Phi) is 4.29. The van der Waals surface area contributed by atoms with Crippen LogP contribution in [0.15, 0.2) is 18.2 Å². The Labute approximate surface area is 121 Å². The van der Waals surface area contributed by atoms with E-state index in [2.05, 4.69) is 5.32 Å². The summed E-state index contributed by atoms with van der Waals surface area (Å²) in [5.41, 5.74) is 4.21. The number of rotatable bonds is 1. The van der Waals surface area contributed by atoms with E-state index in [0.29, 0.717) is 19.0 Å². The van der Waals surface area contributed by atoms with Crippen molar-refractivity contribution in [1.82, 2.24) is 4.90 Å². The lowest BCUT2D eigenvalue weighted by molar-refractivity contribution is -0.136. The van der Waals surface area contributed by atoms with Crippen molar-refractivity contribution in [1.29, 1.82) is 0 Å². The van der Waals surface area contributed by atoms with Gasteiger partial charge in [-0.1, -0.05) is 6.92 Å². The minimum atomic E-state index is -4.56. The summed E-state index contributed by atoms with van der Waals surface area (Å²) in [6.07, 6.45) is -2.67. The molecule has 21 heavy (non-hydrogen) atoms. The number of urea groups is 1. The van der Waals surface area contributed by atoms with Crippen molar-refractivity contribution in [2.24, 2.45) is 5.92 Å². The van der Waals surface area contributed by atoms with Gasteiger partial charge in [0.15, 0.2) is 0 Å². The second-order valence-electron chi connectivity index (χ2n) is 5.43. The smallest absolute Gasteiger partial charge is 0.399 e. The molecule has 0 bridgehead atoms. The molecular formula is C14H18F3N3O. The molecule has 2 rings (SSSR count). The number of alkyl halides is 3. The molecule has 0 spiro atoms. The van der Waals surface area contributed by atoms with Crippen molar-refractivity contribution in [2.45, 2.75) is 25.9 Å². The van der Waals surface area contributed by atoms with Gasteiger partial charge in [0.1, 0.15) is 0 Å². The highest BCUT2D eigenvalue weighted by atomic mass is 19.4.